The van der Waals surface area contributed by atoms with Gasteiger partial charge in [-0.3, -0.25) is 10.1 Å². The van der Waals surface area contributed by atoms with Crippen LogP contribution in [0.2, 0.25) is 0 Å². The number of benzene rings is 1. The largest absolute Gasteiger partial charge is 0.378 e. The van der Waals surface area contributed by atoms with Crippen molar-refractivity contribution in [1.29, 1.82) is 0 Å². The van der Waals surface area contributed by atoms with E-state index in [2.05, 4.69) is 53.4 Å². The molecule has 3 aliphatic rings. The Labute approximate surface area is 200 Å². The first-order chi connectivity index (χ1) is 17.1. The Morgan fingerprint density at radius 2 is 1.94 bits per heavy atom. The second-order valence-electron chi connectivity index (χ2n) is 8.67. The van der Waals surface area contributed by atoms with Crippen molar-refractivity contribution in [2.75, 3.05) is 41.8 Å². The van der Waals surface area contributed by atoms with Gasteiger partial charge >= 0.3 is 6.03 Å². The van der Waals surface area contributed by atoms with Crippen LogP contribution in [0.3, 0.4) is 0 Å². The molecular formula is C23H25N9O3. The lowest BCUT2D eigenvalue weighted by atomic mass is 10.1. The van der Waals surface area contributed by atoms with Gasteiger partial charge in [0.1, 0.15) is 5.70 Å². The van der Waals surface area contributed by atoms with Crippen LogP contribution in [0, 0.1) is 0 Å². The first kappa shape index (κ1) is 21.4. The number of urea groups is 1. The van der Waals surface area contributed by atoms with E-state index in [1.54, 1.807) is 16.8 Å². The SMILES string of the molecule is O=C1NC(=O)/C(=C/c2cnn3c(NC4CC4)nc(NCc4ccccc4N4CCOCC4)nc23)N1. The fourth-order valence-electron chi connectivity index (χ4n) is 4.16. The quantitative estimate of drug-likeness (QED) is 0.294. The van der Waals surface area contributed by atoms with Crippen molar-refractivity contribution in [1.82, 2.24) is 30.2 Å². The third kappa shape index (κ3) is 4.47. The number of anilines is 3. The molecule has 0 radical (unpaired) electrons. The molecule has 35 heavy (non-hydrogen) atoms. The number of carbonyl (C=O) groups is 2. The van der Waals surface area contributed by atoms with Gasteiger partial charge in [0.2, 0.25) is 11.9 Å². The molecule has 1 saturated carbocycles. The van der Waals surface area contributed by atoms with Crippen LogP contribution in [0.5, 0.6) is 0 Å². The van der Waals surface area contributed by atoms with Gasteiger partial charge in [0.15, 0.2) is 5.65 Å². The molecular weight excluding hydrogens is 450 g/mol. The highest BCUT2D eigenvalue weighted by Crippen LogP contribution is 2.26. The number of morpholine rings is 1. The number of amides is 3. The van der Waals surface area contributed by atoms with E-state index in [0.717, 1.165) is 44.7 Å². The molecule has 6 rings (SSSR count). The highest BCUT2D eigenvalue weighted by Gasteiger charge is 2.26. The molecule has 12 nitrogen and oxygen atoms in total. The molecule has 4 N–H and O–H groups in total. The topological polar surface area (TPSA) is 138 Å². The summed E-state index contributed by atoms with van der Waals surface area (Å²) in [5.74, 6) is 0.529. The summed E-state index contributed by atoms with van der Waals surface area (Å²) in [6.07, 6.45) is 5.31. The summed E-state index contributed by atoms with van der Waals surface area (Å²) in [4.78, 5) is 35.2. The number of fused-ring (bicyclic) bond motifs is 1. The minimum atomic E-state index is -0.551. The van der Waals surface area contributed by atoms with Crippen LogP contribution in [0.1, 0.15) is 24.0 Å². The van der Waals surface area contributed by atoms with Crippen molar-refractivity contribution in [3.05, 3.63) is 47.3 Å². The molecule has 3 aromatic rings. The van der Waals surface area contributed by atoms with Crippen LogP contribution in [-0.4, -0.2) is 63.9 Å². The Kier molecular flexibility index (Phi) is 5.41. The zero-order chi connectivity index (χ0) is 23.8. The lowest BCUT2D eigenvalue weighted by Gasteiger charge is -2.30. The maximum absolute atomic E-state index is 12.0. The Hall–Kier alpha value is -4.19. The van der Waals surface area contributed by atoms with E-state index in [9.17, 15) is 9.59 Å². The maximum atomic E-state index is 12.0. The number of imide groups is 1. The number of para-hydroxylation sites is 1. The van der Waals surface area contributed by atoms with Crippen LogP contribution in [0.25, 0.3) is 11.7 Å². The fourth-order valence-corrected chi connectivity index (χ4v) is 4.16. The third-order valence-corrected chi connectivity index (χ3v) is 6.11. The summed E-state index contributed by atoms with van der Waals surface area (Å²) in [7, 11) is 0. The number of hydrogen-bond acceptors (Lipinski definition) is 9. The smallest absolute Gasteiger partial charge is 0.326 e. The summed E-state index contributed by atoms with van der Waals surface area (Å²) < 4.78 is 7.12. The Bertz CT molecular complexity index is 1330. The lowest BCUT2D eigenvalue weighted by molar-refractivity contribution is -0.115. The van der Waals surface area contributed by atoms with Gasteiger partial charge in [0.25, 0.3) is 5.91 Å². The molecule has 3 fully saturated rings. The second kappa shape index (κ2) is 8.87. The van der Waals surface area contributed by atoms with Gasteiger partial charge in [-0.05, 0) is 30.5 Å². The molecule has 0 bridgehead atoms. The molecule has 1 aromatic carbocycles. The number of rotatable bonds is 7. The molecule has 4 heterocycles. The number of hydrogen-bond donors (Lipinski definition) is 4. The standard InChI is InChI=1S/C23H25N9O3/c33-20-17(27-23(34)29-20)11-15-13-25-32-19(15)28-21(30-22(32)26-16-5-6-16)24-12-14-3-1-2-4-18(14)31-7-9-35-10-8-31/h1-4,11,13,16H,5-10,12H2,(H2,24,26,28,30)(H2,27,29,33,34)/b17-11-. The molecule has 180 valence electrons. The van der Waals surface area contributed by atoms with E-state index in [1.165, 1.54) is 5.69 Å². The summed E-state index contributed by atoms with van der Waals surface area (Å²) in [6.45, 7) is 3.68. The predicted molar refractivity (Wildman–Crippen MR) is 129 cm³/mol. The van der Waals surface area contributed by atoms with Crippen molar-refractivity contribution in [2.45, 2.75) is 25.4 Å². The van der Waals surface area contributed by atoms with Gasteiger partial charge in [-0.2, -0.15) is 19.6 Å². The van der Waals surface area contributed by atoms with E-state index in [4.69, 9.17) is 4.74 Å². The van der Waals surface area contributed by atoms with Gasteiger partial charge in [-0.15, -0.1) is 0 Å². The minimum Gasteiger partial charge on any atom is -0.378 e. The summed E-state index contributed by atoms with van der Waals surface area (Å²) in [6, 6.07) is 8.08. The lowest BCUT2D eigenvalue weighted by Crippen LogP contribution is -2.36. The first-order valence-electron chi connectivity index (χ1n) is 11.6. The Morgan fingerprint density at radius 1 is 1.11 bits per heavy atom. The van der Waals surface area contributed by atoms with E-state index < -0.39 is 11.9 Å². The molecule has 0 atom stereocenters. The van der Waals surface area contributed by atoms with Gasteiger partial charge in [-0.25, -0.2) is 4.79 Å². The summed E-state index contributed by atoms with van der Waals surface area (Å²) in [5.41, 5.74) is 3.56. The molecule has 2 aromatic heterocycles. The van der Waals surface area contributed by atoms with Crippen molar-refractivity contribution in [2.24, 2.45) is 0 Å². The van der Waals surface area contributed by atoms with Crippen LogP contribution in [-0.2, 0) is 16.1 Å². The minimum absolute atomic E-state index is 0.147. The third-order valence-electron chi connectivity index (χ3n) is 6.11. The van der Waals surface area contributed by atoms with E-state index in [-0.39, 0.29) is 5.70 Å². The van der Waals surface area contributed by atoms with Crippen LogP contribution >= 0.6 is 0 Å². The average molecular weight is 476 g/mol. The number of carbonyl (C=O) groups excluding carboxylic acids is 2. The van der Waals surface area contributed by atoms with E-state index in [0.29, 0.717) is 35.7 Å². The molecule has 1 aliphatic carbocycles. The van der Waals surface area contributed by atoms with Crippen LogP contribution in [0.4, 0.5) is 22.4 Å². The van der Waals surface area contributed by atoms with E-state index in [1.807, 2.05) is 12.1 Å². The highest BCUT2D eigenvalue weighted by atomic mass is 16.5. The zero-order valence-corrected chi connectivity index (χ0v) is 19.0. The zero-order valence-electron chi connectivity index (χ0n) is 19.0. The average Bonchev–Trinajstić information content (AvgIpc) is 3.51. The summed E-state index contributed by atoms with van der Waals surface area (Å²) in [5, 5.41) is 15.9. The van der Waals surface area contributed by atoms with Crippen LogP contribution in [0.15, 0.2) is 36.2 Å². The van der Waals surface area contributed by atoms with Gasteiger partial charge < -0.3 is 25.6 Å². The maximum Gasteiger partial charge on any atom is 0.326 e. The van der Waals surface area contributed by atoms with Gasteiger partial charge in [0.05, 0.1) is 19.4 Å². The fraction of sp³-hybridized carbons (Fsp3) is 0.348. The second-order valence-corrected chi connectivity index (χ2v) is 8.67. The summed E-state index contributed by atoms with van der Waals surface area (Å²) >= 11 is 0. The highest BCUT2D eigenvalue weighted by molar-refractivity contribution is 6.14. The van der Waals surface area contributed by atoms with Crippen molar-refractivity contribution in [3.8, 4) is 0 Å². The van der Waals surface area contributed by atoms with Gasteiger partial charge in [0, 0.05) is 36.9 Å². The van der Waals surface area contributed by atoms with Crippen molar-refractivity contribution < 1.29 is 14.3 Å². The number of aromatic nitrogens is 4. The molecule has 3 amide bonds. The monoisotopic (exact) mass is 475 g/mol. The number of ether oxygens (including phenoxy) is 1. The van der Waals surface area contributed by atoms with Gasteiger partial charge in [-0.1, -0.05) is 18.2 Å². The van der Waals surface area contributed by atoms with E-state index >= 15 is 0 Å². The van der Waals surface area contributed by atoms with Crippen LogP contribution < -0.4 is 26.2 Å². The number of nitrogens with zero attached hydrogens (tertiary/aromatic N) is 5. The normalized spacial score (nSPS) is 19.2. The molecule has 0 spiro atoms. The Balaban J connectivity index is 1.31. The molecule has 12 heteroatoms. The first-order valence-corrected chi connectivity index (χ1v) is 11.6. The number of nitrogens with one attached hydrogen (secondary N) is 4. The molecule has 0 unspecified atom stereocenters. The molecule has 2 saturated heterocycles. The van der Waals surface area contributed by atoms with Crippen molar-refractivity contribution >= 4 is 41.2 Å². The molecule has 2 aliphatic heterocycles. The van der Waals surface area contributed by atoms with Crippen molar-refractivity contribution in [3.63, 3.8) is 0 Å². The predicted octanol–water partition coefficient (Wildman–Crippen LogP) is 1.33. The Morgan fingerprint density at radius 3 is 2.71 bits per heavy atom.